The molecule has 1 aliphatic carbocycles. The number of nitrogens with zero attached hydrogens (tertiary/aromatic N) is 2. The van der Waals surface area contributed by atoms with Crippen LogP contribution in [0.25, 0.3) is 0 Å². The molecule has 84 valence electrons. The third-order valence-corrected chi connectivity index (χ3v) is 3.03. The van der Waals surface area contributed by atoms with Crippen LogP contribution in [0.15, 0.2) is 24.3 Å². The van der Waals surface area contributed by atoms with Crippen LogP contribution in [-0.4, -0.2) is 13.1 Å². The van der Waals surface area contributed by atoms with Crippen molar-refractivity contribution < 1.29 is 0 Å². The summed E-state index contributed by atoms with van der Waals surface area (Å²) in [7, 11) is 0. The zero-order valence-electron chi connectivity index (χ0n) is 9.82. The molecule has 1 aromatic carbocycles. The van der Waals surface area contributed by atoms with E-state index in [4.69, 9.17) is 5.26 Å². The Morgan fingerprint density at radius 2 is 2.00 bits per heavy atom. The van der Waals surface area contributed by atoms with Crippen LogP contribution in [0.5, 0.6) is 0 Å². The van der Waals surface area contributed by atoms with Gasteiger partial charge in [-0.25, -0.2) is 0 Å². The first-order chi connectivity index (χ1) is 7.83. The Balaban J connectivity index is 2.07. The van der Waals surface area contributed by atoms with E-state index in [1.807, 2.05) is 12.1 Å². The van der Waals surface area contributed by atoms with E-state index >= 15 is 0 Å². The Bertz CT molecular complexity index is 371. The molecule has 0 N–H and O–H groups in total. The first kappa shape index (κ1) is 11.0. The quantitative estimate of drug-likeness (QED) is 0.752. The van der Waals surface area contributed by atoms with Crippen LogP contribution in [0.2, 0.25) is 0 Å². The van der Waals surface area contributed by atoms with Gasteiger partial charge in [0.1, 0.15) is 0 Å². The summed E-state index contributed by atoms with van der Waals surface area (Å²) in [5.74, 6) is 0.905. The highest BCUT2D eigenvalue weighted by Crippen LogP contribution is 2.31. The van der Waals surface area contributed by atoms with Crippen molar-refractivity contribution in [3.05, 3.63) is 29.8 Å². The van der Waals surface area contributed by atoms with Crippen LogP contribution in [-0.2, 0) is 0 Å². The van der Waals surface area contributed by atoms with Gasteiger partial charge in [-0.3, -0.25) is 0 Å². The lowest BCUT2D eigenvalue weighted by molar-refractivity contribution is 0.708. The molecular weight excluding hydrogens is 196 g/mol. The van der Waals surface area contributed by atoms with Gasteiger partial charge in [0, 0.05) is 18.8 Å². The van der Waals surface area contributed by atoms with Crippen molar-refractivity contribution in [2.45, 2.75) is 26.2 Å². The van der Waals surface area contributed by atoms with Crippen LogP contribution in [0.3, 0.4) is 0 Å². The van der Waals surface area contributed by atoms with Crippen molar-refractivity contribution in [2.24, 2.45) is 5.92 Å². The summed E-state index contributed by atoms with van der Waals surface area (Å²) in [6.45, 7) is 4.51. The number of rotatable bonds is 5. The van der Waals surface area contributed by atoms with Crippen LogP contribution in [0.4, 0.5) is 5.69 Å². The molecule has 0 radical (unpaired) electrons. The van der Waals surface area contributed by atoms with Gasteiger partial charge in [-0.2, -0.15) is 5.26 Å². The van der Waals surface area contributed by atoms with E-state index in [1.165, 1.54) is 31.5 Å². The van der Waals surface area contributed by atoms with E-state index in [0.717, 1.165) is 18.0 Å². The maximum Gasteiger partial charge on any atom is 0.0991 e. The molecule has 2 rings (SSSR count). The first-order valence-electron chi connectivity index (χ1n) is 6.08. The smallest absolute Gasteiger partial charge is 0.0991 e. The maximum atomic E-state index is 8.76. The summed E-state index contributed by atoms with van der Waals surface area (Å²) in [4.78, 5) is 2.44. The minimum Gasteiger partial charge on any atom is -0.371 e. The number of benzene rings is 1. The largest absolute Gasteiger partial charge is 0.371 e. The second-order valence-electron chi connectivity index (χ2n) is 4.55. The molecule has 0 saturated heterocycles. The van der Waals surface area contributed by atoms with Crippen molar-refractivity contribution in [3.8, 4) is 6.07 Å². The van der Waals surface area contributed by atoms with Gasteiger partial charge >= 0.3 is 0 Å². The van der Waals surface area contributed by atoms with Crippen LogP contribution in [0.1, 0.15) is 31.7 Å². The van der Waals surface area contributed by atoms with E-state index in [1.54, 1.807) is 0 Å². The Hall–Kier alpha value is -1.49. The average molecular weight is 214 g/mol. The molecule has 2 heteroatoms. The molecule has 0 atom stereocenters. The summed E-state index contributed by atoms with van der Waals surface area (Å²) in [5.41, 5.74) is 2.00. The molecule has 0 bridgehead atoms. The fourth-order valence-electron chi connectivity index (χ4n) is 1.95. The van der Waals surface area contributed by atoms with Crippen molar-refractivity contribution >= 4 is 5.69 Å². The lowest BCUT2D eigenvalue weighted by Gasteiger charge is -2.24. The van der Waals surface area contributed by atoms with E-state index in [2.05, 4.69) is 30.0 Å². The summed E-state index contributed by atoms with van der Waals surface area (Å²) in [5, 5.41) is 8.76. The van der Waals surface area contributed by atoms with Gasteiger partial charge < -0.3 is 4.90 Å². The minimum atomic E-state index is 0.742. The van der Waals surface area contributed by atoms with Crippen molar-refractivity contribution in [1.29, 1.82) is 5.26 Å². The molecule has 1 saturated carbocycles. The Kier molecular flexibility index (Phi) is 3.46. The average Bonchev–Trinajstić information content (AvgIpc) is 3.13. The molecule has 1 aromatic rings. The zero-order valence-corrected chi connectivity index (χ0v) is 9.82. The van der Waals surface area contributed by atoms with Crippen molar-refractivity contribution in [1.82, 2.24) is 0 Å². The summed E-state index contributed by atoms with van der Waals surface area (Å²) >= 11 is 0. The highest BCUT2D eigenvalue weighted by molar-refractivity contribution is 5.49. The van der Waals surface area contributed by atoms with Crippen LogP contribution < -0.4 is 4.90 Å². The van der Waals surface area contributed by atoms with Gasteiger partial charge in [-0.1, -0.05) is 6.92 Å². The highest BCUT2D eigenvalue weighted by atomic mass is 15.1. The molecule has 0 unspecified atom stereocenters. The summed E-state index contributed by atoms with van der Waals surface area (Å²) in [6, 6.07) is 10.1. The SMILES string of the molecule is CCCN(CC1CC1)c1ccc(C#N)cc1. The normalized spacial score (nSPS) is 14.5. The van der Waals surface area contributed by atoms with E-state index in [9.17, 15) is 0 Å². The number of nitriles is 1. The fraction of sp³-hybridized carbons (Fsp3) is 0.500. The molecule has 0 aromatic heterocycles. The monoisotopic (exact) mass is 214 g/mol. The molecule has 1 fully saturated rings. The molecule has 1 aliphatic rings. The Morgan fingerprint density at radius 3 is 2.50 bits per heavy atom. The number of hydrogen-bond acceptors (Lipinski definition) is 2. The Labute approximate surface area is 97.5 Å². The van der Waals surface area contributed by atoms with Crippen LogP contribution in [0, 0.1) is 17.2 Å². The molecule has 0 spiro atoms. The summed E-state index contributed by atoms with van der Waals surface area (Å²) < 4.78 is 0. The Morgan fingerprint density at radius 1 is 1.31 bits per heavy atom. The van der Waals surface area contributed by atoms with Crippen molar-refractivity contribution in [2.75, 3.05) is 18.0 Å². The third kappa shape index (κ3) is 2.76. The standard InChI is InChI=1S/C14H18N2/c1-2-9-16(11-13-3-4-13)14-7-5-12(10-15)6-8-14/h5-8,13H,2-4,9,11H2,1H3. The van der Waals surface area contributed by atoms with Gasteiger partial charge in [0.2, 0.25) is 0 Å². The molecule has 0 heterocycles. The van der Waals surface area contributed by atoms with E-state index < -0.39 is 0 Å². The highest BCUT2D eigenvalue weighted by Gasteiger charge is 2.24. The van der Waals surface area contributed by atoms with Crippen LogP contribution >= 0.6 is 0 Å². The molecule has 2 nitrogen and oxygen atoms in total. The minimum absolute atomic E-state index is 0.742. The van der Waals surface area contributed by atoms with Gasteiger partial charge in [-0.05, 0) is 49.4 Å². The van der Waals surface area contributed by atoms with Gasteiger partial charge in [0.05, 0.1) is 11.6 Å². The lowest BCUT2D eigenvalue weighted by Crippen LogP contribution is -2.26. The predicted octanol–water partition coefficient (Wildman–Crippen LogP) is 3.18. The molecule has 16 heavy (non-hydrogen) atoms. The predicted molar refractivity (Wildman–Crippen MR) is 66.4 cm³/mol. The second-order valence-corrected chi connectivity index (χ2v) is 4.55. The summed E-state index contributed by atoms with van der Waals surface area (Å²) in [6.07, 6.45) is 3.94. The molecule has 0 aliphatic heterocycles. The van der Waals surface area contributed by atoms with Gasteiger partial charge in [0.25, 0.3) is 0 Å². The van der Waals surface area contributed by atoms with Gasteiger partial charge in [0.15, 0.2) is 0 Å². The second kappa shape index (κ2) is 5.03. The maximum absolute atomic E-state index is 8.76. The number of hydrogen-bond donors (Lipinski definition) is 0. The third-order valence-electron chi connectivity index (χ3n) is 3.03. The topological polar surface area (TPSA) is 27.0 Å². The first-order valence-corrected chi connectivity index (χ1v) is 6.08. The van der Waals surface area contributed by atoms with E-state index in [-0.39, 0.29) is 0 Å². The lowest BCUT2D eigenvalue weighted by atomic mass is 10.2. The van der Waals surface area contributed by atoms with Crippen molar-refractivity contribution in [3.63, 3.8) is 0 Å². The number of anilines is 1. The fourth-order valence-corrected chi connectivity index (χ4v) is 1.95. The van der Waals surface area contributed by atoms with E-state index in [0.29, 0.717) is 0 Å². The van der Waals surface area contributed by atoms with Gasteiger partial charge in [-0.15, -0.1) is 0 Å². The molecular formula is C14H18N2. The zero-order chi connectivity index (χ0) is 11.4. The molecule has 0 amide bonds.